The molecule has 4 aromatic rings. The van der Waals surface area contributed by atoms with Crippen LogP contribution in [0, 0.1) is 0 Å². The van der Waals surface area contributed by atoms with Gasteiger partial charge in [0, 0.05) is 41.7 Å². The van der Waals surface area contributed by atoms with Gasteiger partial charge in [0.15, 0.2) is 5.65 Å². The van der Waals surface area contributed by atoms with Gasteiger partial charge in [-0.3, -0.25) is 9.48 Å². The summed E-state index contributed by atoms with van der Waals surface area (Å²) >= 11 is 18.8. The van der Waals surface area contributed by atoms with Crippen LogP contribution in [0.15, 0.2) is 47.5 Å². The minimum Gasteiger partial charge on any atom is -0.434 e. The molecule has 0 aliphatic heterocycles. The van der Waals surface area contributed by atoms with E-state index >= 15 is 0 Å². The second kappa shape index (κ2) is 11.1. The molecular weight excluding hydrogens is 569 g/mol. The van der Waals surface area contributed by atoms with Crippen molar-refractivity contribution in [1.29, 1.82) is 0 Å². The van der Waals surface area contributed by atoms with Crippen molar-refractivity contribution in [3.05, 3.63) is 58.0 Å². The highest BCUT2D eigenvalue weighted by Crippen LogP contribution is 2.40. The molecule has 1 aromatic carbocycles. The third-order valence-corrected chi connectivity index (χ3v) is 5.29. The number of alkyl halides is 4. The largest absolute Gasteiger partial charge is 0.434 e. The molecule has 8 nitrogen and oxygen atoms in total. The molecule has 0 bridgehead atoms. The Balaban J connectivity index is 0.000000968. The highest BCUT2D eigenvalue weighted by atomic mass is 79.9. The minimum absolute atomic E-state index is 0.176. The van der Waals surface area contributed by atoms with Gasteiger partial charge in [-0.1, -0.05) is 11.6 Å². The number of nitrogens with one attached hydrogen (secondary N) is 1. The molecule has 0 saturated carbocycles. The monoisotopic (exact) mass is 580 g/mol. The van der Waals surface area contributed by atoms with E-state index in [-0.39, 0.29) is 38.6 Å². The van der Waals surface area contributed by atoms with E-state index in [0.29, 0.717) is 10.1 Å². The van der Waals surface area contributed by atoms with Gasteiger partial charge in [-0.05, 0) is 28.1 Å². The molecule has 0 aliphatic rings. The second-order valence-corrected chi connectivity index (χ2v) is 8.28. The van der Waals surface area contributed by atoms with Crippen LogP contribution >= 0.6 is 50.7 Å². The van der Waals surface area contributed by atoms with Gasteiger partial charge < -0.3 is 10.1 Å². The van der Waals surface area contributed by atoms with Gasteiger partial charge >= 0.3 is 6.61 Å². The van der Waals surface area contributed by atoms with Crippen LogP contribution in [-0.2, 0) is 7.05 Å². The lowest BCUT2D eigenvalue weighted by molar-refractivity contribution is -0.0494. The molecule has 0 fully saturated rings. The van der Waals surface area contributed by atoms with Crippen molar-refractivity contribution >= 4 is 68.0 Å². The van der Waals surface area contributed by atoms with Gasteiger partial charge in [-0.15, -0.1) is 23.2 Å². The van der Waals surface area contributed by atoms with Crippen LogP contribution in [0.2, 0.25) is 5.02 Å². The van der Waals surface area contributed by atoms with Crippen molar-refractivity contribution in [2.24, 2.45) is 7.05 Å². The molecular formula is C19H14BrCl3F2N6O2. The van der Waals surface area contributed by atoms with Crippen molar-refractivity contribution in [2.45, 2.75) is 6.61 Å². The normalized spacial score (nSPS) is 10.8. The Morgan fingerprint density at radius 3 is 2.76 bits per heavy atom. The molecule has 0 atom stereocenters. The highest BCUT2D eigenvalue weighted by Gasteiger charge is 2.22. The Bertz CT molecular complexity index is 1280. The second-order valence-electron chi connectivity index (χ2n) is 6.21. The van der Waals surface area contributed by atoms with Gasteiger partial charge in [0.25, 0.3) is 5.91 Å². The Morgan fingerprint density at radius 1 is 1.33 bits per heavy atom. The Kier molecular flexibility index (Phi) is 8.46. The summed E-state index contributed by atoms with van der Waals surface area (Å²) in [6, 6.07) is 4.43. The van der Waals surface area contributed by atoms with Gasteiger partial charge in [0.1, 0.15) is 17.0 Å². The fourth-order valence-electron chi connectivity index (χ4n) is 2.86. The smallest absolute Gasteiger partial charge is 0.387 e. The zero-order valence-corrected chi connectivity index (χ0v) is 20.5. The molecule has 0 spiro atoms. The number of aromatic nitrogens is 5. The molecule has 0 saturated heterocycles. The SMILES string of the molecule is ClCCl.Cn1cc(NC(=O)c2cnn3cccnc23)c(-c2cc(Br)c(Cl)cc2OC(F)F)n1. The first kappa shape index (κ1) is 25.2. The predicted molar refractivity (Wildman–Crippen MR) is 125 cm³/mol. The van der Waals surface area contributed by atoms with Gasteiger partial charge in [0.2, 0.25) is 0 Å². The number of aryl methyl sites for hydroxylation is 1. The number of nitrogens with zero attached hydrogens (tertiary/aromatic N) is 5. The van der Waals surface area contributed by atoms with Gasteiger partial charge in [0.05, 0.1) is 22.2 Å². The molecule has 4 rings (SSSR count). The molecule has 0 aliphatic carbocycles. The molecule has 0 radical (unpaired) electrons. The quantitative estimate of drug-likeness (QED) is 0.300. The standard InChI is InChI=1S/C18H12BrClF2N6O2.CH2Cl2/c1-27-8-13(25-17(29)10-7-24-28-4-2-3-23-16(10)28)15(26-27)9-5-11(19)12(20)6-14(9)30-18(21)22;2-1-3/h2-8,18H,1H3,(H,25,29);1H2. The fourth-order valence-corrected chi connectivity index (χ4v) is 3.36. The number of amides is 1. The average molecular weight is 583 g/mol. The lowest BCUT2D eigenvalue weighted by Gasteiger charge is -2.12. The van der Waals surface area contributed by atoms with Crippen LogP contribution in [-0.4, -0.2) is 42.2 Å². The summed E-state index contributed by atoms with van der Waals surface area (Å²) in [4.78, 5) is 17.0. The van der Waals surface area contributed by atoms with E-state index in [0.717, 1.165) is 0 Å². The number of benzene rings is 1. The van der Waals surface area contributed by atoms with Crippen molar-refractivity contribution < 1.29 is 18.3 Å². The summed E-state index contributed by atoms with van der Waals surface area (Å²) in [6.45, 7) is -3.06. The summed E-state index contributed by atoms with van der Waals surface area (Å²) in [6.07, 6.45) is 6.13. The first-order valence-corrected chi connectivity index (χ1v) is 11.2. The summed E-state index contributed by atoms with van der Waals surface area (Å²) in [5.74, 6) is -0.660. The summed E-state index contributed by atoms with van der Waals surface area (Å²) in [5.41, 5.74) is 1.35. The number of hydrogen-bond acceptors (Lipinski definition) is 5. The number of ether oxygens (including phenoxy) is 1. The van der Waals surface area contributed by atoms with Crippen LogP contribution in [0.25, 0.3) is 16.9 Å². The number of hydrogen-bond donors (Lipinski definition) is 1. The zero-order chi connectivity index (χ0) is 24.1. The van der Waals surface area contributed by atoms with Crippen LogP contribution in [0.5, 0.6) is 5.75 Å². The molecule has 3 aromatic heterocycles. The van der Waals surface area contributed by atoms with E-state index in [1.54, 1.807) is 31.7 Å². The van der Waals surface area contributed by atoms with Crippen LogP contribution < -0.4 is 10.1 Å². The van der Waals surface area contributed by atoms with E-state index < -0.39 is 12.5 Å². The molecule has 1 N–H and O–H groups in total. The Hall–Kier alpha value is -2.47. The number of carbonyl (C=O) groups is 1. The van der Waals surface area contributed by atoms with Gasteiger partial charge in [-0.2, -0.15) is 19.0 Å². The van der Waals surface area contributed by atoms with Crippen LogP contribution in [0.1, 0.15) is 10.4 Å². The fraction of sp³-hybridized carbons (Fsp3) is 0.158. The first-order chi connectivity index (χ1) is 15.7. The van der Waals surface area contributed by atoms with Crippen LogP contribution in [0.3, 0.4) is 0 Å². The van der Waals surface area contributed by atoms with Crippen LogP contribution in [0.4, 0.5) is 14.5 Å². The maximum Gasteiger partial charge on any atom is 0.387 e. The van der Waals surface area contributed by atoms with Crippen molar-refractivity contribution in [3.8, 4) is 17.0 Å². The highest BCUT2D eigenvalue weighted by molar-refractivity contribution is 9.10. The van der Waals surface area contributed by atoms with Gasteiger partial charge in [-0.25, -0.2) is 9.50 Å². The van der Waals surface area contributed by atoms with Crippen molar-refractivity contribution in [2.75, 3.05) is 10.7 Å². The van der Waals surface area contributed by atoms with Crippen molar-refractivity contribution in [3.63, 3.8) is 0 Å². The maximum absolute atomic E-state index is 12.9. The topological polar surface area (TPSA) is 86.3 Å². The van der Waals surface area contributed by atoms with E-state index in [4.69, 9.17) is 34.8 Å². The zero-order valence-electron chi connectivity index (χ0n) is 16.6. The molecule has 14 heteroatoms. The Labute approximate surface area is 209 Å². The summed E-state index contributed by atoms with van der Waals surface area (Å²) < 4.78 is 33.8. The third-order valence-electron chi connectivity index (χ3n) is 4.09. The Morgan fingerprint density at radius 2 is 2.06 bits per heavy atom. The lowest BCUT2D eigenvalue weighted by atomic mass is 10.1. The van der Waals surface area contributed by atoms with E-state index in [1.807, 2.05) is 0 Å². The van der Waals surface area contributed by atoms with E-state index in [2.05, 4.69) is 41.2 Å². The van der Waals surface area contributed by atoms with E-state index in [9.17, 15) is 13.6 Å². The molecule has 1 amide bonds. The molecule has 33 heavy (non-hydrogen) atoms. The molecule has 3 heterocycles. The minimum atomic E-state index is -3.06. The van der Waals surface area contributed by atoms with Crippen molar-refractivity contribution in [1.82, 2.24) is 24.4 Å². The number of rotatable bonds is 5. The first-order valence-electron chi connectivity index (χ1n) is 8.94. The van der Waals surface area contributed by atoms with E-state index in [1.165, 1.54) is 27.5 Å². The lowest BCUT2D eigenvalue weighted by Crippen LogP contribution is -2.12. The summed E-state index contributed by atoms with van der Waals surface area (Å²) in [7, 11) is 1.63. The average Bonchev–Trinajstić information content (AvgIpc) is 3.34. The number of anilines is 1. The number of fused-ring (bicyclic) bond motifs is 1. The number of halogens is 6. The third kappa shape index (κ3) is 5.91. The molecule has 174 valence electrons. The predicted octanol–water partition coefficient (Wildman–Crippen LogP) is 5.82. The molecule has 0 unspecified atom stereocenters. The number of carbonyl (C=O) groups excluding carboxylic acids is 1. The summed E-state index contributed by atoms with van der Waals surface area (Å²) in [5, 5.41) is 11.5. The maximum atomic E-state index is 12.9.